The molecule has 0 aliphatic heterocycles. The SMILES string of the molecule is COc1ccc(C(C)CC(=O)Nc2cc(OC)ccc2N)cc1. The summed E-state index contributed by atoms with van der Waals surface area (Å²) in [6.45, 7) is 2.01. The molecule has 0 bridgehead atoms. The molecule has 0 saturated carbocycles. The van der Waals surface area contributed by atoms with Gasteiger partial charge in [0, 0.05) is 12.5 Å². The van der Waals surface area contributed by atoms with Gasteiger partial charge in [-0.05, 0) is 35.7 Å². The maximum Gasteiger partial charge on any atom is 0.225 e. The van der Waals surface area contributed by atoms with E-state index in [-0.39, 0.29) is 11.8 Å². The third-order valence-electron chi connectivity index (χ3n) is 3.71. The standard InChI is InChI=1S/C18H22N2O3/c1-12(13-4-6-14(22-2)7-5-13)10-18(21)20-17-11-15(23-3)8-9-16(17)19/h4-9,11-12H,10,19H2,1-3H3,(H,20,21). The van der Waals surface area contributed by atoms with Crippen molar-refractivity contribution in [3.05, 3.63) is 48.0 Å². The van der Waals surface area contributed by atoms with Gasteiger partial charge in [-0.2, -0.15) is 0 Å². The van der Waals surface area contributed by atoms with Crippen molar-refractivity contribution in [3.63, 3.8) is 0 Å². The minimum absolute atomic E-state index is 0.0896. The lowest BCUT2D eigenvalue weighted by Gasteiger charge is -2.14. The second kappa shape index (κ2) is 7.54. The van der Waals surface area contributed by atoms with Crippen LogP contribution in [0, 0.1) is 0 Å². The first kappa shape index (κ1) is 16.7. The highest BCUT2D eigenvalue weighted by Crippen LogP contribution is 2.26. The zero-order valence-corrected chi connectivity index (χ0v) is 13.6. The molecule has 122 valence electrons. The van der Waals surface area contributed by atoms with Gasteiger partial charge in [-0.15, -0.1) is 0 Å². The van der Waals surface area contributed by atoms with Crippen LogP contribution in [0.4, 0.5) is 11.4 Å². The summed E-state index contributed by atoms with van der Waals surface area (Å²) in [5.41, 5.74) is 8.04. The molecule has 5 nitrogen and oxygen atoms in total. The van der Waals surface area contributed by atoms with Crippen molar-refractivity contribution in [2.75, 3.05) is 25.3 Å². The van der Waals surface area contributed by atoms with E-state index in [0.29, 0.717) is 23.5 Å². The predicted octanol–water partition coefficient (Wildman–Crippen LogP) is 3.42. The van der Waals surface area contributed by atoms with E-state index >= 15 is 0 Å². The molecule has 2 rings (SSSR count). The number of benzene rings is 2. The molecule has 2 aromatic rings. The summed E-state index contributed by atoms with van der Waals surface area (Å²) in [6, 6.07) is 12.9. The van der Waals surface area contributed by atoms with E-state index in [0.717, 1.165) is 11.3 Å². The highest BCUT2D eigenvalue weighted by atomic mass is 16.5. The molecule has 0 radical (unpaired) electrons. The first-order valence-electron chi connectivity index (χ1n) is 7.40. The maximum atomic E-state index is 12.2. The van der Waals surface area contributed by atoms with Crippen LogP contribution in [0.5, 0.6) is 11.5 Å². The largest absolute Gasteiger partial charge is 0.497 e. The van der Waals surface area contributed by atoms with Crippen molar-refractivity contribution >= 4 is 17.3 Å². The molecule has 1 unspecified atom stereocenters. The highest BCUT2D eigenvalue weighted by molar-refractivity contribution is 5.94. The van der Waals surface area contributed by atoms with Crippen LogP contribution < -0.4 is 20.5 Å². The Bertz CT molecular complexity index is 668. The number of amides is 1. The van der Waals surface area contributed by atoms with Gasteiger partial charge in [-0.25, -0.2) is 0 Å². The van der Waals surface area contributed by atoms with E-state index in [9.17, 15) is 4.79 Å². The highest BCUT2D eigenvalue weighted by Gasteiger charge is 2.13. The van der Waals surface area contributed by atoms with E-state index in [1.54, 1.807) is 32.4 Å². The molecule has 23 heavy (non-hydrogen) atoms. The fourth-order valence-electron chi connectivity index (χ4n) is 2.30. The predicted molar refractivity (Wildman–Crippen MR) is 92.1 cm³/mol. The number of carbonyl (C=O) groups is 1. The number of nitrogens with two attached hydrogens (primary N) is 1. The molecular formula is C18H22N2O3. The summed E-state index contributed by atoms with van der Waals surface area (Å²) in [5.74, 6) is 1.45. The van der Waals surface area contributed by atoms with Crippen LogP contribution in [0.2, 0.25) is 0 Å². The quantitative estimate of drug-likeness (QED) is 0.801. The van der Waals surface area contributed by atoms with Gasteiger partial charge in [0.1, 0.15) is 11.5 Å². The lowest BCUT2D eigenvalue weighted by Crippen LogP contribution is -2.15. The number of carbonyl (C=O) groups excluding carboxylic acids is 1. The molecule has 0 fully saturated rings. The third-order valence-corrected chi connectivity index (χ3v) is 3.71. The molecule has 5 heteroatoms. The molecule has 0 aliphatic rings. The molecule has 1 amide bonds. The van der Waals surface area contributed by atoms with Crippen LogP contribution in [0.25, 0.3) is 0 Å². The Balaban J connectivity index is 2.01. The molecular weight excluding hydrogens is 292 g/mol. The Morgan fingerprint density at radius 2 is 1.70 bits per heavy atom. The Kier molecular flexibility index (Phi) is 5.46. The van der Waals surface area contributed by atoms with Crippen LogP contribution in [0.1, 0.15) is 24.8 Å². The Morgan fingerprint density at radius 1 is 1.09 bits per heavy atom. The first-order valence-corrected chi connectivity index (χ1v) is 7.40. The van der Waals surface area contributed by atoms with Gasteiger partial charge >= 0.3 is 0 Å². The number of nitrogen functional groups attached to an aromatic ring is 1. The number of hydrogen-bond acceptors (Lipinski definition) is 4. The van der Waals surface area contributed by atoms with Crippen molar-refractivity contribution in [2.45, 2.75) is 19.3 Å². The molecule has 1 atom stereocenters. The van der Waals surface area contributed by atoms with Gasteiger partial charge < -0.3 is 20.5 Å². The minimum Gasteiger partial charge on any atom is -0.497 e. The number of ether oxygens (including phenoxy) is 2. The van der Waals surface area contributed by atoms with E-state index in [2.05, 4.69) is 5.32 Å². The second-order valence-corrected chi connectivity index (χ2v) is 5.38. The lowest BCUT2D eigenvalue weighted by molar-refractivity contribution is -0.116. The van der Waals surface area contributed by atoms with E-state index in [4.69, 9.17) is 15.2 Å². The summed E-state index contributed by atoms with van der Waals surface area (Å²) in [5, 5.41) is 2.84. The van der Waals surface area contributed by atoms with Crippen molar-refractivity contribution in [1.82, 2.24) is 0 Å². The van der Waals surface area contributed by atoms with Crippen molar-refractivity contribution in [1.29, 1.82) is 0 Å². The number of nitrogens with one attached hydrogen (secondary N) is 1. The van der Waals surface area contributed by atoms with Crippen LogP contribution in [-0.2, 0) is 4.79 Å². The Labute approximate surface area is 136 Å². The minimum atomic E-state index is -0.0896. The number of methoxy groups -OCH3 is 2. The first-order chi connectivity index (χ1) is 11.0. The van der Waals surface area contributed by atoms with Crippen LogP contribution in [0.15, 0.2) is 42.5 Å². The smallest absolute Gasteiger partial charge is 0.225 e. The molecule has 0 heterocycles. The van der Waals surface area contributed by atoms with Gasteiger partial charge in [-0.3, -0.25) is 4.79 Å². The Morgan fingerprint density at radius 3 is 2.30 bits per heavy atom. The molecule has 3 N–H and O–H groups in total. The third kappa shape index (κ3) is 4.39. The molecule has 0 aromatic heterocycles. The van der Waals surface area contributed by atoms with Crippen molar-refractivity contribution in [3.8, 4) is 11.5 Å². The fraction of sp³-hybridized carbons (Fsp3) is 0.278. The summed E-state index contributed by atoms with van der Waals surface area (Å²) >= 11 is 0. The zero-order valence-electron chi connectivity index (χ0n) is 13.6. The second-order valence-electron chi connectivity index (χ2n) is 5.38. The van der Waals surface area contributed by atoms with Gasteiger partial charge in [0.15, 0.2) is 0 Å². The van der Waals surface area contributed by atoms with Gasteiger partial charge in [-0.1, -0.05) is 19.1 Å². The topological polar surface area (TPSA) is 73.6 Å². The van der Waals surface area contributed by atoms with Crippen LogP contribution >= 0.6 is 0 Å². The summed E-state index contributed by atoms with van der Waals surface area (Å²) in [4.78, 5) is 12.2. The molecule has 2 aromatic carbocycles. The maximum absolute atomic E-state index is 12.2. The van der Waals surface area contributed by atoms with Crippen molar-refractivity contribution < 1.29 is 14.3 Å². The number of anilines is 2. The number of hydrogen-bond donors (Lipinski definition) is 2. The summed E-state index contributed by atoms with van der Waals surface area (Å²) in [6.07, 6.45) is 0.364. The van der Waals surface area contributed by atoms with E-state index < -0.39 is 0 Å². The zero-order chi connectivity index (χ0) is 16.8. The normalized spacial score (nSPS) is 11.6. The monoisotopic (exact) mass is 314 g/mol. The van der Waals surface area contributed by atoms with Crippen molar-refractivity contribution in [2.24, 2.45) is 0 Å². The lowest BCUT2D eigenvalue weighted by atomic mass is 9.97. The average Bonchev–Trinajstić information content (AvgIpc) is 2.56. The number of rotatable bonds is 6. The average molecular weight is 314 g/mol. The van der Waals surface area contributed by atoms with Crippen LogP contribution in [0.3, 0.4) is 0 Å². The summed E-state index contributed by atoms with van der Waals surface area (Å²) < 4.78 is 10.3. The van der Waals surface area contributed by atoms with Gasteiger partial charge in [0.25, 0.3) is 0 Å². The Hall–Kier alpha value is -2.69. The molecule has 0 spiro atoms. The van der Waals surface area contributed by atoms with E-state index in [1.807, 2.05) is 31.2 Å². The molecule has 0 saturated heterocycles. The summed E-state index contributed by atoms with van der Waals surface area (Å²) in [7, 11) is 3.20. The van der Waals surface area contributed by atoms with E-state index in [1.165, 1.54) is 0 Å². The molecule has 0 aliphatic carbocycles. The van der Waals surface area contributed by atoms with Crippen LogP contribution in [-0.4, -0.2) is 20.1 Å². The van der Waals surface area contributed by atoms with Gasteiger partial charge in [0.2, 0.25) is 5.91 Å². The van der Waals surface area contributed by atoms with Gasteiger partial charge in [0.05, 0.1) is 25.6 Å². The fourth-order valence-corrected chi connectivity index (χ4v) is 2.30.